The highest BCUT2D eigenvalue weighted by molar-refractivity contribution is 7.15. The topological polar surface area (TPSA) is 495 Å². The zero-order valence-corrected chi connectivity index (χ0v) is 76.0. The second-order valence-corrected chi connectivity index (χ2v) is 35.7. The molecule has 0 bridgehead atoms. The van der Waals surface area contributed by atoms with Crippen LogP contribution in [0.2, 0.25) is 0 Å². The van der Waals surface area contributed by atoms with Crippen LogP contribution in [0.25, 0.3) is 54.5 Å². The number of benzene rings is 9. The molecule has 692 valence electrons. The van der Waals surface area contributed by atoms with Gasteiger partial charge in [0.1, 0.15) is 11.6 Å². The van der Waals surface area contributed by atoms with Crippen molar-refractivity contribution in [2.75, 3.05) is 92.7 Å². The highest BCUT2D eigenvalue weighted by atomic mass is 32.1. The Morgan fingerprint density at radius 2 is 0.770 bits per heavy atom. The number of anilines is 10. The average Bonchev–Trinajstić information content (AvgIpc) is 1.71. The first-order valence-corrected chi connectivity index (χ1v) is 46.7. The van der Waals surface area contributed by atoms with Crippen molar-refractivity contribution < 1.29 is 4.84 Å². The molecule has 135 heavy (non-hydrogen) atoms. The molecule has 10 aromatic heterocycles. The van der Waals surface area contributed by atoms with Crippen LogP contribution in [0, 0.1) is 13.8 Å². The zero-order valence-electron chi connectivity index (χ0n) is 74.3. The summed E-state index contributed by atoms with van der Waals surface area (Å²) in [4.78, 5) is 78.6. The van der Waals surface area contributed by atoms with Gasteiger partial charge in [-0.3, -0.25) is 95.5 Å². The maximum atomic E-state index is 11.8. The van der Waals surface area contributed by atoms with Gasteiger partial charge in [-0.25, -0.2) is 15.0 Å². The average molecular weight is 1850 g/mol. The lowest BCUT2D eigenvalue weighted by atomic mass is 10.0. The molecule has 0 radical (unpaired) electrons. The van der Waals surface area contributed by atoms with Crippen LogP contribution in [0.3, 0.4) is 0 Å². The van der Waals surface area contributed by atoms with Gasteiger partial charge in [0.15, 0.2) is 10.3 Å². The van der Waals surface area contributed by atoms with Crippen LogP contribution in [0.4, 0.5) is 56.3 Å². The number of H-pyrrole nitrogens is 12. The summed E-state index contributed by atoms with van der Waals surface area (Å²) in [6.07, 6.45) is 17.4. The smallest absolute Gasteiger partial charge is 0.271 e. The number of nitrogens with zero attached hydrogens (tertiary/aromatic N) is 7. The Labute approximate surface area is 781 Å². The molecule has 2 saturated carbocycles. The second-order valence-electron chi connectivity index (χ2n) is 33.2. The minimum absolute atomic E-state index is 0.0915. The van der Waals surface area contributed by atoms with E-state index in [4.69, 9.17) is 4.84 Å². The minimum atomic E-state index is -0.141. The third-order valence-corrected chi connectivity index (χ3v) is 24.7. The highest BCUT2D eigenvalue weighted by Crippen LogP contribution is 2.41. The molecule has 0 amide bonds. The van der Waals surface area contributed by atoms with Gasteiger partial charge in [-0.2, -0.15) is 15.3 Å². The summed E-state index contributed by atoms with van der Waals surface area (Å²) < 4.78 is 0. The fourth-order valence-corrected chi connectivity index (χ4v) is 17.1. The Morgan fingerprint density at radius 3 is 1.21 bits per heavy atom. The van der Waals surface area contributed by atoms with E-state index in [0.29, 0.717) is 57.9 Å². The molecule has 0 aliphatic heterocycles. The number of hydrogen-bond acceptors (Lipinski definition) is 25. The van der Waals surface area contributed by atoms with Crippen molar-refractivity contribution in [3.63, 3.8) is 0 Å². The van der Waals surface area contributed by atoms with Gasteiger partial charge in [0.05, 0.1) is 91.3 Å². The van der Waals surface area contributed by atoms with E-state index in [-0.39, 0.29) is 52.0 Å². The normalized spacial score (nSPS) is 13.1. The molecule has 37 heteroatoms. The summed E-state index contributed by atoms with van der Waals surface area (Å²) in [7, 11) is 0. The Balaban J connectivity index is 0.000000118. The van der Waals surface area contributed by atoms with Crippen LogP contribution >= 0.6 is 22.7 Å². The van der Waals surface area contributed by atoms with Crippen LogP contribution in [-0.2, 0) is 17.7 Å². The van der Waals surface area contributed by atoms with Crippen molar-refractivity contribution in [3.05, 3.63) is 344 Å². The van der Waals surface area contributed by atoms with E-state index in [1.54, 1.807) is 47.1 Å². The van der Waals surface area contributed by atoms with Gasteiger partial charge >= 0.3 is 0 Å². The lowest BCUT2D eigenvalue weighted by Gasteiger charge is -2.20. The van der Waals surface area contributed by atoms with Crippen LogP contribution in [0.15, 0.2) is 273 Å². The largest absolute Gasteiger partial charge is 0.385 e. The van der Waals surface area contributed by atoms with Crippen molar-refractivity contribution in [3.8, 4) is 0 Å². The first kappa shape index (κ1) is 90.9. The summed E-state index contributed by atoms with van der Waals surface area (Å²) in [5, 5.41) is 86.4. The lowest BCUT2D eigenvalue weighted by molar-refractivity contribution is 0.205. The maximum Gasteiger partial charge on any atom is 0.271 e. The van der Waals surface area contributed by atoms with Crippen LogP contribution in [0.5, 0.6) is 0 Å². The number of fused-ring (bicyclic) bond motifs is 5. The maximum absolute atomic E-state index is 11.8. The van der Waals surface area contributed by atoms with Gasteiger partial charge in [-0.1, -0.05) is 121 Å². The van der Waals surface area contributed by atoms with Crippen LogP contribution in [-0.4, -0.2) is 148 Å². The molecule has 2 fully saturated rings. The lowest BCUT2D eigenvalue weighted by Crippen LogP contribution is -2.25. The molecule has 4 unspecified atom stereocenters. The standard InChI is InChI=1S/C23H26N6O.C22H24N6O.C21H23N5OS.C20H21N5OS.C12H13N7O2/c30-23-19-9-8-17(13-21(19)27-29-23)25-18(12-15-4-2-1-3-5-15)10-11-24-22-14-20(26-28-22)16-6-7-16;29-22-17-9-8-16(12-20(17)26-28-22)23-11-10-18(14-4-2-1-3-5-14)24-21-13-19(25-27-21)15-6-7-15;1-14-13-23-21(28-14)22-10-9-17(11-15-5-3-2-4-6-15)24-16-7-8-18-19(12-16)25-26-20(18)27;1-13-12-22-20(27-13)23-17(14-5-3-2-4-6-14)9-10-21-15-7-8-16-18(11-15)24-25-19(16)26;20-11-9-2-1-8(7-10(9)16-17-11)19-21-6-5-14-12-13-3-4-15-18-12/h1-5,8-9,13-14,16,18,25H,6-7,10-12H2,(H2,24,26,28)(H2,27,29,30);1-5,8-9,12-13,15,18,23H,6-7,10-11H2,(H2,24,25,27)(H2,26,28,29);2-8,12-13,17,24H,9-11H2,1H3,(H,22,23)(H2,25,26,27);2-8,11-12,17,21H,9-10H2,1H3,(H,22,23)(H2,24,25,26);1-4,7,19H,5-6H2,(H,13,14,18)(H2,16,17,20). The number of aromatic nitrogens is 19. The summed E-state index contributed by atoms with van der Waals surface area (Å²) in [6, 6.07) is 75.2. The Morgan fingerprint density at radius 1 is 0.370 bits per heavy atom. The molecular formula is C98H107N29O6S2. The van der Waals surface area contributed by atoms with Gasteiger partial charge in [0.2, 0.25) is 5.95 Å². The van der Waals surface area contributed by atoms with Gasteiger partial charge < -0.3 is 47.9 Å². The van der Waals surface area contributed by atoms with E-state index >= 15 is 0 Å². The van der Waals surface area contributed by atoms with Crippen LogP contribution in [0.1, 0.15) is 119 Å². The molecule has 19 aromatic rings. The molecule has 0 spiro atoms. The molecule has 22 N–H and O–H groups in total. The molecule has 2 aliphatic carbocycles. The van der Waals surface area contributed by atoms with E-state index in [2.05, 4.69) is 273 Å². The van der Waals surface area contributed by atoms with E-state index in [1.807, 2.05) is 109 Å². The van der Waals surface area contributed by atoms with Crippen molar-refractivity contribution in [2.24, 2.45) is 0 Å². The molecule has 9 aromatic carbocycles. The Kier molecular flexibility index (Phi) is 30.1. The first-order chi connectivity index (χ1) is 66.2. The fourth-order valence-electron chi connectivity index (χ4n) is 15.7. The monoisotopic (exact) mass is 1850 g/mol. The van der Waals surface area contributed by atoms with E-state index in [0.717, 1.165) is 143 Å². The summed E-state index contributed by atoms with van der Waals surface area (Å²) in [5.41, 5.74) is 18.5. The van der Waals surface area contributed by atoms with Gasteiger partial charge in [0.25, 0.3) is 27.8 Å². The fraction of sp³-hybridized carbons (Fsp3) is 0.245. The number of nitrogens with one attached hydrogen (secondary N) is 22. The van der Waals surface area contributed by atoms with Gasteiger partial charge in [0, 0.05) is 125 Å². The molecule has 0 saturated heterocycles. The molecular weight excluding hydrogens is 1740 g/mol. The minimum Gasteiger partial charge on any atom is -0.385 e. The van der Waals surface area contributed by atoms with E-state index < -0.39 is 0 Å². The van der Waals surface area contributed by atoms with Crippen molar-refractivity contribution in [1.29, 1.82) is 0 Å². The number of rotatable bonds is 38. The summed E-state index contributed by atoms with van der Waals surface area (Å²) >= 11 is 3.34. The summed E-state index contributed by atoms with van der Waals surface area (Å²) in [6.45, 7) is 8.28. The summed E-state index contributed by atoms with van der Waals surface area (Å²) in [5.74, 6) is 3.60. The van der Waals surface area contributed by atoms with Crippen molar-refractivity contribution in [1.82, 2.24) is 96.5 Å². The Hall–Kier alpha value is -16.0. The molecule has 4 atom stereocenters. The third-order valence-electron chi connectivity index (χ3n) is 23.0. The van der Waals surface area contributed by atoms with E-state index in [9.17, 15) is 24.0 Å². The second kappa shape index (κ2) is 44.7. The van der Waals surface area contributed by atoms with Crippen molar-refractivity contribution in [2.45, 2.75) is 114 Å². The Bertz CT molecular complexity index is 7270. The number of aryl methyl sites for hydroxylation is 2. The SMILES string of the molecule is Cc1cnc(NC(CCNc2ccc3c(=O)[nH][nH]c3c2)c2ccccc2)s1.Cc1cnc(NCCC(Cc2ccccc2)Nc2ccc3c(=O)[nH][nH]c3c2)s1.O=c1[nH][nH]c2cc(NC(CCNc3cc(C4CC4)[nH]n3)Cc3ccccc3)ccc12.O=c1[nH][nH]c2cc(NCCC(Nc3cc(C4CC4)[nH]n3)c3ccccc3)ccc12.O=c1[nH][nH]c2cc(NOCCNc3nccnn3)ccc12. The van der Waals surface area contributed by atoms with E-state index in [1.165, 1.54) is 75.3 Å². The number of hydrogen-bond donors (Lipinski definition) is 22. The predicted molar refractivity (Wildman–Crippen MR) is 540 cm³/mol. The first-order valence-electron chi connectivity index (χ1n) is 45.1. The van der Waals surface area contributed by atoms with Crippen molar-refractivity contribution >= 4 is 133 Å². The zero-order chi connectivity index (χ0) is 92.4. The van der Waals surface area contributed by atoms with Gasteiger partial charge in [-0.15, -0.1) is 27.8 Å². The third kappa shape index (κ3) is 25.8. The molecule has 2 aliphatic rings. The molecule has 21 rings (SSSR count). The molecule has 35 nitrogen and oxygen atoms in total. The number of aromatic amines is 12. The molecule has 10 heterocycles. The number of thiazole rings is 2. The predicted octanol–water partition coefficient (Wildman–Crippen LogP) is 17.0. The quantitative estimate of drug-likeness (QED) is 0.0126. The van der Waals surface area contributed by atoms with Crippen LogP contribution < -0.4 is 81.1 Å². The van der Waals surface area contributed by atoms with Gasteiger partial charge in [-0.05, 0) is 191 Å². The highest BCUT2D eigenvalue weighted by Gasteiger charge is 2.28.